The average Bonchev–Trinajstić information content (AvgIpc) is 3.34. The minimum Gasteiger partial charge on any atom is -0.469 e. The average molecular weight is 370 g/mol. The van der Waals surface area contributed by atoms with Gasteiger partial charge in [0, 0.05) is 25.4 Å². The van der Waals surface area contributed by atoms with Crippen LogP contribution < -0.4 is 5.32 Å². The number of aromatic nitrogens is 3. The second-order valence-corrected chi connectivity index (χ2v) is 5.77. The normalized spacial score (nSPS) is 10.6. The molecular formula is C19H19FN4O3. The summed E-state index contributed by atoms with van der Waals surface area (Å²) in [5, 5.41) is 6.97. The number of methoxy groups -OCH3 is 1. The zero-order chi connectivity index (χ0) is 19.2. The molecule has 140 valence electrons. The van der Waals surface area contributed by atoms with Crippen molar-refractivity contribution in [3.8, 4) is 11.5 Å². The van der Waals surface area contributed by atoms with Crippen LogP contribution in [0.15, 0.2) is 55.0 Å². The Labute approximate surface area is 155 Å². The van der Waals surface area contributed by atoms with Gasteiger partial charge in [-0.1, -0.05) is 12.1 Å². The van der Waals surface area contributed by atoms with E-state index >= 15 is 0 Å². The number of para-hydroxylation sites is 1. The Bertz CT molecular complexity index is 934. The molecule has 1 amide bonds. The van der Waals surface area contributed by atoms with E-state index in [1.54, 1.807) is 47.3 Å². The summed E-state index contributed by atoms with van der Waals surface area (Å²) < 4.78 is 21.9. The number of halogens is 1. The molecule has 8 heteroatoms. The number of carbonyl (C=O) groups excluding carboxylic acids is 2. The van der Waals surface area contributed by atoms with Crippen LogP contribution in [0.25, 0.3) is 11.5 Å². The van der Waals surface area contributed by atoms with Gasteiger partial charge < -0.3 is 14.6 Å². The third-order valence-corrected chi connectivity index (χ3v) is 3.99. The van der Waals surface area contributed by atoms with Crippen molar-refractivity contribution in [3.63, 3.8) is 0 Å². The Morgan fingerprint density at radius 1 is 1.19 bits per heavy atom. The summed E-state index contributed by atoms with van der Waals surface area (Å²) in [6, 6.07) is 9.82. The van der Waals surface area contributed by atoms with Crippen LogP contribution >= 0.6 is 0 Å². The van der Waals surface area contributed by atoms with Gasteiger partial charge in [0.1, 0.15) is 17.1 Å². The molecule has 2 aromatic heterocycles. The van der Waals surface area contributed by atoms with Crippen molar-refractivity contribution < 1.29 is 18.7 Å². The lowest BCUT2D eigenvalue weighted by Gasteiger charge is -2.11. The molecule has 0 atom stereocenters. The first kappa shape index (κ1) is 18.4. The van der Waals surface area contributed by atoms with E-state index in [1.807, 2.05) is 0 Å². The smallest absolute Gasteiger partial charge is 0.305 e. The van der Waals surface area contributed by atoms with E-state index in [0.29, 0.717) is 24.3 Å². The fourth-order valence-corrected chi connectivity index (χ4v) is 2.66. The molecule has 0 radical (unpaired) electrons. The van der Waals surface area contributed by atoms with Gasteiger partial charge in [-0.15, -0.1) is 0 Å². The second-order valence-electron chi connectivity index (χ2n) is 5.77. The molecule has 0 aliphatic heterocycles. The molecule has 0 aliphatic rings. The molecule has 7 nitrogen and oxygen atoms in total. The van der Waals surface area contributed by atoms with Crippen molar-refractivity contribution >= 4 is 11.9 Å². The molecule has 27 heavy (non-hydrogen) atoms. The Kier molecular flexibility index (Phi) is 5.65. The molecule has 0 fully saturated rings. The van der Waals surface area contributed by atoms with Crippen LogP contribution in [0.4, 0.5) is 4.39 Å². The molecule has 2 heterocycles. The summed E-state index contributed by atoms with van der Waals surface area (Å²) >= 11 is 0. The molecule has 1 aromatic carbocycles. The molecule has 0 bridgehead atoms. The topological polar surface area (TPSA) is 78.2 Å². The van der Waals surface area contributed by atoms with E-state index in [0.717, 1.165) is 0 Å². The summed E-state index contributed by atoms with van der Waals surface area (Å²) in [6.45, 7) is 0.309. The minimum absolute atomic E-state index is 0.218. The van der Waals surface area contributed by atoms with Crippen molar-refractivity contribution in [1.82, 2.24) is 19.7 Å². The van der Waals surface area contributed by atoms with Crippen molar-refractivity contribution in [1.29, 1.82) is 0 Å². The number of ether oxygens (including phenoxy) is 1. The first-order valence-corrected chi connectivity index (χ1v) is 8.43. The Hall–Kier alpha value is -3.42. The van der Waals surface area contributed by atoms with E-state index in [4.69, 9.17) is 0 Å². The number of nitrogens with one attached hydrogen (secondary N) is 1. The van der Waals surface area contributed by atoms with Crippen LogP contribution in [-0.4, -0.2) is 39.9 Å². The van der Waals surface area contributed by atoms with E-state index in [9.17, 15) is 14.0 Å². The SMILES string of the molecule is COC(=O)CCCNC(=O)c1cnn(-c2ccccc2F)c1-n1cccc1. The highest BCUT2D eigenvalue weighted by Gasteiger charge is 2.21. The molecule has 3 aromatic rings. The number of amides is 1. The van der Waals surface area contributed by atoms with Gasteiger partial charge in [-0.3, -0.25) is 9.59 Å². The first-order valence-electron chi connectivity index (χ1n) is 8.43. The number of benzene rings is 1. The monoisotopic (exact) mass is 370 g/mol. The van der Waals surface area contributed by atoms with Crippen LogP contribution in [0.5, 0.6) is 0 Å². The van der Waals surface area contributed by atoms with Gasteiger partial charge in [0.15, 0.2) is 5.82 Å². The molecule has 0 spiro atoms. The lowest BCUT2D eigenvalue weighted by molar-refractivity contribution is -0.140. The fraction of sp³-hybridized carbons (Fsp3) is 0.211. The van der Waals surface area contributed by atoms with E-state index < -0.39 is 5.82 Å². The third-order valence-electron chi connectivity index (χ3n) is 3.99. The lowest BCUT2D eigenvalue weighted by atomic mass is 10.2. The number of rotatable bonds is 7. The third kappa shape index (κ3) is 4.05. The minimum atomic E-state index is -0.445. The summed E-state index contributed by atoms with van der Waals surface area (Å²) in [5.41, 5.74) is 0.540. The van der Waals surface area contributed by atoms with Crippen molar-refractivity contribution in [2.45, 2.75) is 12.8 Å². The van der Waals surface area contributed by atoms with E-state index in [1.165, 1.54) is 24.1 Å². The largest absolute Gasteiger partial charge is 0.469 e. The van der Waals surface area contributed by atoms with Gasteiger partial charge >= 0.3 is 5.97 Å². The fourth-order valence-electron chi connectivity index (χ4n) is 2.66. The summed E-state index contributed by atoms with van der Waals surface area (Å²) in [6.07, 6.45) is 5.58. The quantitative estimate of drug-likeness (QED) is 0.512. The van der Waals surface area contributed by atoms with Crippen LogP contribution in [-0.2, 0) is 9.53 Å². The van der Waals surface area contributed by atoms with Crippen molar-refractivity contribution in [3.05, 3.63) is 66.4 Å². The molecule has 0 saturated heterocycles. The summed E-state index contributed by atoms with van der Waals surface area (Å²) in [5.74, 6) is -0.703. The van der Waals surface area contributed by atoms with Crippen LogP contribution in [0.1, 0.15) is 23.2 Å². The summed E-state index contributed by atoms with van der Waals surface area (Å²) in [7, 11) is 1.32. The number of hydrogen-bond donors (Lipinski definition) is 1. The number of carbonyl (C=O) groups is 2. The van der Waals surface area contributed by atoms with Gasteiger partial charge in [-0.05, 0) is 30.7 Å². The van der Waals surface area contributed by atoms with Crippen LogP contribution in [0.3, 0.4) is 0 Å². The zero-order valence-corrected chi connectivity index (χ0v) is 14.8. The molecular weight excluding hydrogens is 351 g/mol. The van der Waals surface area contributed by atoms with Gasteiger partial charge in [0.25, 0.3) is 5.91 Å². The van der Waals surface area contributed by atoms with Crippen molar-refractivity contribution in [2.24, 2.45) is 0 Å². The maximum atomic E-state index is 14.3. The van der Waals surface area contributed by atoms with Gasteiger partial charge in [0.2, 0.25) is 0 Å². The van der Waals surface area contributed by atoms with Gasteiger partial charge in [-0.2, -0.15) is 5.10 Å². The highest BCUT2D eigenvalue weighted by Crippen LogP contribution is 2.21. The molecule has 0 saturated carbocycles. The van der Waals surface area contributed by atoms with Gasteiger partial charge in [0.05, 0.1) is 13.3 Å². The molecule has 0 unspecified atom stereocenters. The Morgan fingerprint density at radius 3 is 2.63 bits per heavy atom. The van der Waals surface area contributed by atoms with Crippen LogP contribution in [0, 0.1) is 5.82 Å². The first-order chi connectivity index (χ1) is 13.1. The maximum Gasteiger partial charge on any atom is 0.305 e. The summed E-state index contributed by atoms with van der Waals surface area (Å²) in [4.78, 5) is 23.8. The second kappa shape index (κ2) is 8.31. The number of hydrogen-bond acceptors (Lipinski definition) is 4. The standard InChI is InChI=1S/C19H19FN4O3/c1-27-17(25)9-6-10-21-18(26)14-13-22-24(16-8-3-2-7-15(16)20)19(14)23-11-4-5-12-23/h2-5,7-8,11-13H,6,9-10H2,1H3,(H,21,26). The predicted octanol–water partition coefficient (Wildman–Crippen LogP) is 2.49. The Morgan fingerprint density at radius 2 is 1.93 bits per heavy atom. The van der Waals surface area contributed by atoms with E-state index in [2.05, 4.69) is 15.2 Å². The maximum absolute atomic E-state index is 14.3. The molecule has 1 N–H and O–H groups in total. The predicted molar refractivity (Wildman–Crippen MR) is 96.4 cm³/mol. The van der Waals surface area contributed by atoms with Crippen molar-refractivity contribution in [2.75, 3.05) is 13.7 Å². The molecule has 0 aliphatic carbocycles. The highest BCUT2D eigenvalue weighted by molar-refractivity contribution is 5.97. The number of esters is 1. The number of nitrogens with zero attached hydrogens (tertiary/aromatic N) is 3. The molecule has 3 rings (SSSR count). The highest BCUT2D eigenvalue weighted by atomic mass is 19.1. The Balaban J connectivity index is 1.87. The van der Waals surface area contributed by atoms with E-state index in [-0.39, 0.29) is 24.0 Å². The van der Waals surface area contributed by atoms with Crippen LogP contribution in [0.2, 0.25) is 0 Å². The van der Waals surface area contributed by atoms with Gasteiger partial charge in [-0.25, -0.2) is 9.07 Å². The lowest BCUT2D eigenvalue weighted by Crippen LogP contribution is -2.26. The zero-order valence-electron chi connectivity index (χ0n) is 14.8.